The fourth-order valence-corrected chi connectivity index (χ4v) is 2.06. The molecule has 98 valence electrons. The molecule has 0 fully saturated rings. The van der Waals surface area contributed by atoms with Crippen molar-refractivity contribution in [3.05, 3.63) is 47.1 Å². The summed E-state index contributed by atoms with van der Waals surface area (Å²) in [5, 5.41) is 4.13. The van der Waals surface area contributed by atoms with E-state index in [2.05, 4.69) is 26.0 Å². The molecule has 0 saturated carbocycles. The quantitative estimate of drug-likeness (QED) is 0.743. The Morgan fingerprint density at radius 3 is 2.53 bits per heavy atom. The topological polar surface area (TPSA) is 56.2 Å². The minimum Gasteiger partial charge on any atom is -0.384 e. The Bertz CT molecular complexity index is 676. The van der Waals surface area contributed by atoms with E-state index in [1.54, 1.807) is 10.7 Å². The molecule has 2 heterocycles. The molecule has 0 bridgehead atoms. The van der Waals surface area contributed by atoms with E-state index < -0.39 is 0 Å². The molecule has 0 atom stereocenters. The van der Waals surface area contributed by atoms with E-state index in [-0.39, 0.29) is 0 Å². The van der Waals surface area contributed by atoms with Crippen molar-refractivity contribution >= 4 is 27.4 Å². The van der Waals surface area contributed by atoms with Gasteiger partial charge in [0, 0.05) is 11.6 Å². The molecular formula is C14H15BrN4. The fraction of sp³-hybridized carbons (Fsp3) is 0.143. The Labute approximate surface area is 120 Å². The molecule has 0 aliphatic rings. The summed E-state index contributed by atoms with van der Waals surface area (Å²) in [5.74, 6) is 0.569. The second-order valence-electron chi connectivity index (χ2n) is 3.66. The predicted octanol–water partition coefficient (Wildman–Crippen LogP) is 3.77. The van der Waals surface area contributed by atoms with Crippen LogP contribution in [0.15, 0.2) is 47.1 Å². The van der Waals surface area contributed by atoms with E-state index >= 15 is 0 Å². The normalized spacial score (nSPS) is 10.1. The Morgan fingerprint density at radius 2 is 1.84 bits per heavy atom. The van der Waals surface area contributed by atoms with E-state index in [4.69, 9.17) is 5.73 Å². The average Bonchev–Trinajstić information content (AvgIpc) is 2.84. The minimum atomic E-state index is 0.569. The number of nitrogens with two attached hydrogens (primary N) is 1. The van der Waals surface area contributed by atoms with Gasteiger partial charge in [0.1, 0.15) is 5.82 Å². The summed E-state index contributed by atoms with van der Waals surface area (Å²) in [7, 11) is 0. The molecular weight excluding hydrogens is 304 g/mol. The first-order valence-corrected chi connectivity index (χ1v) is 6.90. The van der Waals surface area contributed by atoms with Gasteiger partial charge in [-0.1, -0.05) is 44.2 Å². The third-order valence-corrected chi connectivity index (χ3v) is 3.09. The number of halogens is 1. The van der Waals surface area contributed by atoms with Gasteiger partial charge in [-0.05, 0) is 15.9 Å². The number of nitrogens with zero attached hydrogens (tertiary/aromatic N) is 3. The smallest absolute Gasteiger partial charge is 0.172 e. The summed E-state index contributed by atoms with van der Waals surface area (Å²) in [6.45, 7) is 4.00. The second kappa shape index (κ2) is 5.84. The predicted molar refractivity (Wildman–Crippen MR) is 81.9 cm³/mol. The molecule has 2 aromatic heterocycles. The summed E-state index contributed by atoms with van der Waals surface area (Å²) < 4.78 is 2.44. The van der Waals surface area contributed by atoms with Gasteiger partial charge in [0.25, 0.3) is 0 Å². The van der Waals surface area contributed by atoms with Crippen molar-refractivity contribution in [1.29, 1.82) is 0 Å². The fourth-order valence-electron chi connectivity index (χ4n) is 1.72. The van der Waals surface area contributed by atoms with Crippen molar-refractivity contribution < 1.29 is 0 Å². The van der Waals surface area contributed by atoms with Gasteiger partial charge in [-0.25, -0.2) is 4.98 Å². The first-order valence-electron chi connectivity index (χ1n) is 6.11. The van der Waals surface area contributed by atoms with Crippen LogP contribution in [0, 0.1) is 0 Å². The van der Waals surface area contributed by atoms with Crippen LogP contribution in [0.2, 0.25) is 0 Å². The van der Waals surface area contributed by atoms with Crippen LogP contribution in [-0.4, -0.2) is 14.6 Å². The monoisotopic (exact) mass is 318 g/mol. The number of anilines is 1. The van der Waals surface area contributed by atoms with Crippen LogP contribution in [0.3, 0.4) is 0 Å². The highest BCUT2D eigenvalue weighted by Gasteiger charge is 2.08. The van der Waals surface area contributed by atoms with Gasteiger partial charge in [0.2, 0.25) is 0 Å². The molecule has 2 N–H and O–H groups in total. The van der Waals surface area contributed by atoms with Crippen LogP contribution in [0.4, 0.5) is 5.82 Å². The molecule has 0 saturated heterocycles. The molecule has 3 rings (SSSR count). The summed E-state index contributed by atoms with van der Waals surface area (Å²) in [4.78, 5) is 4.54. The lowest BCUT2D eigenvalue weighted by Crippen LogP contribution is -2.01. The van der Waals surface area contributed by atoms with Crippen molar-refractivity contribution in [2.45, 2.75) is 13.8 Å². The molecule has 0 aliphatic carbocycles. The van der Waals surface area contributed by atoms with Gasteiger partial charge in [-0.3, -0.25) is 0 Å². The summed E-state index contributed by atoms with van der Waals surface area (Å²) in [6, 6.07) is 11.7. The lowest BCUT2D eigenvalue weighted by molar-refractivity contribution is 0.954. The average molecular weight is 319 g/mol. The molecule has 0 spiro atoms. The maximum absolute atomic E-state index is 5.95. The second-order valence-corrected chi connectivity index (χ2v) is 4.51. The Balaban J connectivity index is 0.000000637. The first-order chi connectivity index (χ1) is 9.25. The zero-order chi connectivity index (χ0) is 13.8. The number of hydrogen-bond donors (Lipinski definition) is 1. The molecule has 4 nitrogen and oxygen atoms in total. The van der Waals surface area contributed by atoms with Crippen molar-refractivity contribution in [3.63, 3.8) is 0 Å². The van der Waals surface area contributed by atoms with Gasteiger partial charge in [0.05, 0.1) is 16.4 Å². The Kier molecular flexibility index (Phi) is 4.16. The maximum atomic E-state index is 5.95. The summed E-state index contributed by atoms with van der Waals surface area (Å²) >= 11 is 3.41. The van der Waals surface area contributed by atoms with E-state index in [1.807, 2.05) is 50.2 Å². The number of hydrogen-bond acceptors (Lipinski definition) is 3. The van der Waals surface area contributed by atoms with Crippen LogP contribution in [0.5, 0.6) is 0 Å². The lowest BCUT2D eigenvalue weighted by Gasteiger charge is -2.04. The van der Waals surface area contributed by atoms with Crippen molar-refractivity contribution in [2.75, 3.05) is 5.73 Å². The number of rotatable bonds is 1. The number of nitrogen functional groups attached to an aromatic ring is 1. The van der Waals surface area contributed by atoms with Crippen molar-refractivity contribution in [3.8, 4) is 11.3 Å². The highest BCUT2D eigenvalue weighted by Crippen LogP contribution is 2.24. The van der Waals surface area contributed by atoms with Gasteiger partial charge >= 0.3 is 0 Å². The zero-order valence-corrected chi connectivity index (χ0v) is 12.4. The van der Waals surface area contributed by atoms with Crippen LogP contribution in [-0.2, 0) is 0 Å². The molecule has 19 heavy (non-hydrogen) atoms. The van der Waals surface area contributed by atoms with Crippen LogP contribution >= 0.6 is 15.9 Å². The number of aromatic nitrogens is 3. The van der Waals surface area contributed by atoms with Crippen molar-refractivity contribution in [2.24, 2.45) is 0 Å². The first kappa shape index (κ1) is 13.5. The summed E-state index contributed by atoms with van der Waals surface area (Å²) in [6.07, 6.45) is 1.69. The number of fused-ring (bicyclic) bond motifs is 1. The Morgan fingerprint density at radius 1 is 1.16 bits per heavy atom. The van der Waals surface area contributed by atoms with Gasteiger partial charge in [-0.15, -0.1) is 0 Å². The van der Waals surface area contributed by atoms with E-state index in [0.29, 0.717) is 5.82 Å². The molecule has 0 amide bonds. The standard InChI is InChI=1S/C12H9BrN4.C2H6/c13-9-7-15-17-11(14)6-10(16-12(9)17)8-4-2-1-3-5-8;1-2/h1-7H,14H2;1-2H3. The molecule has 1 aromatic carbocycles. The van der Waals surface area contributed by atoms with Crippen LogP contribution in [0.25, 0.3) is 16.9 Å². The van der Waals surface area contributed by atoms with Crippen LogP contribution < -0.4 is 5.73 Å². The highest BCUT2D eigenvalue weighted by molar-refractivity contribution is 9.10. The van der Waals surface area contributed by atoms with E-state index in [1.165, 1.54) is 0 Å². The van der Waals surface area contributed by atoms with E-state index in [9.17, 15) is 0 Å². The molecule has 3 aromatic rings. The summed E-state index contributed by atoms with van der Waals surface area (Å²) in [5.41, 5.74) is 8.55. The molecule has 0 aliphatic heterocycles. The largest absolute Gasteiger partial charge is 0.384 e. The Hall–Kier alpha value is -1.88. The third kappa shape index (κ3) is 2.61. The lowest BCUT2D eigenvalue weighted by atomic mass is 10.1. The maximum Gasteiger partial charge on any atom is 0.172 e. The zero-order valence-electron chi connectivity index (χ0n) is 10.8. The number of benzene rings is 1. The van der Waals surface area contributed by atoms with Gasteiger partial charge < -0.3 is 5.73 Å². The van der Waals surface area contributed by atoms with Gasteiger partial charge in [-0.2, -0.15) is 9.61 Å². The molecule has 0 radical (unpaired) electrons. The van der Waals surface area contributed by atoms with Crippen molar-refractivity contribution in [1.82, 2.24) is 14.6 Å². The molecule has 0 unspecified atom stereocenters. The SMILES string of the molecule is CC.Nc1cc(-c2ccccc2)nc2c(Br)cnn12. The van der Waals surface area contributed by atoms with E-state index in [0.717, 1.165) is 21.4 Å². The third-order valence-electron chi connectivity index (χ3n) is 2.53. The van der Waals surface area contributed by atoms with Gasteiger partial charge in [0.15, 0.2) is 5.65 Å². The minimum absolute atomic E-state index is 0.569. The van der Waals surface area contributed by atoms with Crippen LogP contribution in [0.1, 0.15) is 13.8 Å². The molecule has 5 heteroatoms. The highest BCUT2D eigenvalue weighted by atomic mass is 79.9.